The molecule has 0 saturated carbocycles. The summed E-state index contributed by atoms with van der Waals surface area (Å²) in [7, 11) is -2.84. The summed E-state index contributed by atoms with van der Waals surface area (Å²) in [6, 6.07) is 6.75. The fraction of sp³-hybridized carbons (Fsp3) is 0.458. The summed E-state index contributed by atoms with van der Waals surface area (Å²) in [4.78, 5) is 14.6. The third kappa shape index (κ3) is 5.94. The van der Waals surface area contributed by atoms with Gasteiger partial charge in [-0.3, -0.25) is 9.52 Å². The number of methoxy groups -OCH3 is 1. The fourth-order valence-corrected chi connectivity index (χ4v) is 5.53. The Bertz CT molecular complexity index is 1190. The van der Waals surface area contributed by atoms with Crippen molar-refractivity contribution >= 4 is 27.3 Å². The molecular weight excluding hydrogens is 496 g/mol. The van der Waals surface area contributed by atoms with E-state index in [9.17, 15) is 22.0 Å². The highest BCUT2D eigenvalue weighted by molar-refractivity contribution is 7.92. The van der Waals surface area contributed by atoms with Gasteiger partial charge in [0.05, 0.1) is 24.6 Å². The van der Waals surface area contributed by atoms with Gasteiger partial charge in [-0.2, -0.15) is 0 Å². The second-order valence-electron chi connectivity index (χ2n) is 8.61. The Hall–Kier alpha value is -2.80. The summed E-state index contributed by atoms with van der Waals surface area (Å²) in [5, 5.41) is 3.02. The van der Waals surface area contributed by atoms with E-state index in [0.29, 0.717) is 58.7 Å². The van der Waals surface area contributed by atoms with Gasteiger partial charge in [0.25, 0.3) is 15.9 Å². The number of amides is 1. The number of halogens is 2. The third-order valence-corrected chi connectivity index (χ3v) is 7.56. The van der Waals surface area contributed by atoms with Crippen LogP contribution in [0.3, 0.4) is 0 Å². The highest BCUT2D eigenvalue weighted by Gasteiger charge is 2.41. The van der Waals surface area contributed by atoms with Crippen LogP contribution in [0.15, 0.2) is 41.3 Å². The highest BCUT2D eigenvalue weighted by Crippen LogP contribution is 2.33. The van der Waals surface area contributed by atoms with Crippen LogP contribution in [0.5, 0.6) is 0 Å². The highest BCUT2D eigenvalue weighted by atomic mass is 32.2. The second-order valence-corrected chi connectivity index (χ2v) is 10.3. The molecule has 196 valence electrons. The molecule has 2 fully saturated rings. The summed E-state index contributed by atoms with van der Waals surface area (Å²) in [6.45, 7) is 2.68. The Morgan fingerprint density at radius 2 is 1.81 bits per heavy atom. The number of hydrogen-bond donors (Lipinski definition) is 2. The molecule has 1 amide bonds. The van der Waals surface area contributed by atoms with Crippen molar-refractivity contribution in [2.45, 2.75) is 29.9 Å². The monoisotopic (exact) mass is 525 g/mol. The van der Waals surface area contributed by atoms with Crippen LogP contribution in [-0.4, -0.2) is 71.6 Å². The maximum Gasteiger partial charge on any atom is 0.264 e. The van der Waals surface area contributed by atoms with Crippen LogP contribution in [-0.2, 0) is 24.2 Å². The van der Waals surface area contributed by atoms with Crippen molar-refractivity contribution in [2.75, 3.05) is 56.6 Å². The molecule has 0 atom stereocenters. The summed E-state index contributed by atoms with van der Waals surface area (Å²) < 4.78 is 72.9. The molecule has 0 aromatic heterocycles. The number of benzene rings is 2. The van der Waals surface area contributed by atoms with Gasteiger partial charge in [-0.25, -0.2) is 17.2 Å². The van der Waals surface area contributed by atoms with Gasteiger partial charge < -0.3 is 24.4 Å². The Morgan fingerprint density at radius 3 is 2.50 bits per heavy atom. The molecule has 36 heavy (non-hydrogen) atoms. The number of sulfonamides is 1. The van der Waals surface area contributed by atoms with E-state index >= 15 is 0 Å². The molecule has 2 aliphatic rings. The van der Waals surface area contributed by atoms with Gasteiger partial charge >= 0.3 is 0 Å². The van der Waals surface area contributed by atoms with E-state index in [1.54, 1.807) is 12.0 Å². The van der Waals surface area contributed by atoms with Gasteiger partial charge in [-0.15, -0.1) is 0 Å². The number of carbonyl (C=O) groups is 1. The predicted molar refractivity (Wildman–Crippen MR) is 128 cm³/mol. The first-order valence-corrected chi connectivity index (χ1v) is 13.1. The average molecular weight is 526 g/mol. The number of carbonyl (C=O) groups excluding carboxylic acids is 1. The number of likely N-dealkylation sites (tertiary alicyclic amines) is 1. The Morgan fingerprint density at radius 1 is 1.08 bits per heavy atom. The minimum absolute atomic E-state index is 0.154. The van der Waals surface area contributed by atoms with Gasteiger partial charge in [-0.05, 0) is 36.8 Å². The summed E-state index contributed by atoms with van der Waals surface area (Å²) >= 11 is 0. The van der Waals surface area contributed by atoms with Crippen molar-refractivity contribution in [2.24, 2.45) is 0 Å². The van der Waals surface area contributed by atoms with E-state index in [1.807, 2.05) is 0 Å². The quantitative estimate of drug-likeness (QED) is 0.485. The smallest absolute Gasteiger partial charge is 0.264 e. The lowest BCUT2D eigenvalue weighted by atomic mass is 10.0. The second kappa shape index (κ2) is 11.1. The van der Waals surface area contributed by atoms with Gasteiger partial charge in [0.1, 0.15) is 16.5 Å². The molecule has 0 aliphatic carbocycles. The SMILES string of the molecule is COCCCNc1ccc(C(=O)N2CCC3(CC2)OCCO3)cc1S(=O)(=O)Nc1cc(F)ccc1F. The van der Waals surface area contributed by atoms with Gasteiger partial charge in [0, 0.05) is 57.8 Å². The molecule has 0 radical (unpaired) electrons. The molecule has 2 aromatic carbocycles. The first-order valence-electron chi connectivity index (χ1n) is 11.6. The lowest BCUT2D eigenvalue weighted by Crippen LogP contribution is -2.47. The van der Waals surface area contributed by atoms with Crippen molar-refractivity contribution in [1.82, 2.24) is 4.90 Å². The molecule has 4 rings (SSSR count). The zero-order valence-corrected chi connectivity index (χ0v) is 20.7. The van der Waals surface area contributed by atoms with E-state index in [4.69, 9.17) is 14.2 Å². The molecule has 2 N–H and O–H groups in total. The van der Waals surface area contributed by atoms with Crippen molar-refractivity contribution in [3.05, 3.63) is 53.6 Å². The van der Waals surface area contributed by atoms with Crippen LogP contribution in [0, 0.1) is 11.6 Å². The van der Waals surface area contributed by atoms with Crippen molar-refractivity contribution in [1.29, 1.82) is 0 Å². The van der Waals surface area contributed by atoms with Gasteiger partial charge in [-0.1, -0.05) is 0 Å². The molecule has 12 heteroatoms. The van der Waals surface area contributed by atoms with Crippen LogP contribution in [0.1, 0.15) is 29.6 Å². The number of anilines is 2. The number of rotatable bonds is 9. The standard InChI is InChI=1S/C24H29F2N3O6S/c1-33-12-2-9-27-20-6-3-17(23(30)29-10-7-24(8-11-29)34-13-14-35-24)15-22(20)36(31,32)28-21-16-18(25)4-5-19(21)26/h3-6,15-16,27-28H,2,7-14H2,1H3. The lowest BCUT2D eigenvalue weighted by molar-refractivity contribution is -0.181. The van der Waals surface area contributed by atoms with E-state index < -0.39 is 33.1 Å². The molecular formula is C24H29F2N3O6S. The van der Waals surface area contributed by atoms with E-state index in [0.717, 1.165) is 18.2 Å². The predicted octanol–water partition coefficient (Wildman–Crippen LogP) is 3.19. The zero-order chi connectivity index (χ0) is 25.8. The van der Waals surface area contributed by atoms with Crippen molar-refractivity contribution in [3.63, 3.8) is 0 Å². The lowest BCUT2D eigenvalue weighted by Gasteiger charge is -2.37. The van der Waals surface area contributed by atoms with Gasteiger partial charge in [0.15, 0.2) is 5.79 Å². The number of hydrogen-bond acceptors (Lipinski definition) is 7. The Balaban J connectivity index is 1.59. The first kappa shape index (κ1) is 26.3. The maximum absolute atomic E-state index is 14.2. The van der Waals surface area contributed by atoms with Crippen LogP contribution >= 0.6 is 0 Å². The fourth-order valence-electron chi connectivity index (χ4n) is 4.26. The summed E-state index contributed by atoms with van der Waals surface area (Å²) in [6.07, 6.45) is 1.63. The molecule has 0 bridgehead atoms. The van der Waals surface area contributed by atoms with Crippen molar-refractivity contribution in [3.8, 4) is 0 Å². The summed E-state index contributed by atoms with van der Waals surface area (Å²) in [5.74, 6) is -2.73. The van der Waals surface area contributed by atoms with Crippen LogP contribution in [0.2, 0.25) is 0 Å². The largest absolute Gasteiger partial charge is 0.385 e. The number of ether oxygens (including phenoxy) is 3. The number of nitrogens with zero attached hydrogens (tertiary/aromatic N) is 1. The van der Waals surface area contributed by atoms with Crippen LogP contribution < -0.4 is 10.0 Å². The molecule has 0 unspecified atom stereocenters. The minimum Gasteiger partial charge on any atom is -0.385 e. The number of piperidine rings is 1. The normalized spacial score (nSPS) is 17.4. The van der Waals surface area contributed by atoms with Crippen LogP contribution in [0.4, 0.5) is 20.2 Å². The Kier molecular flexibility index (Phi) is 8.08. The molecule has 9 nitrogen and oxygen atoms in total. The van der Waals surface area contributed by atoms with E-state index in [-0.39, 0.29) is 22.1 Å². The Labute approximate surface area is 208 Å². The zero-order valence-electron chi connectivity index (χ0n) is 19.9. The minimum atomic E-state index is -4.39. The maximum atomic E-state index is 14.2. The third-order valence-electron chi connectivity index (χ3n) is 6.16. The topological polar surface area (TPSA) is 106 Å². The first-order chi connectivity index (χ1) is 17.2. The molecule has 2 aromatic rings. The molecule has 1 spiro atoms. The summed E-state index contributed by atoms with van der Waals surface area (Å²) in [5.41, 5.74) is -0.158. The molecule has 2 aliphatic heterocycles. The van der Waals surface area contributed by atoms with Crippen LogP contribution in [0.25, 0.3) is 0 Å². The molecule has 2 heterocycles. The average Bonchev–Trinajstić information content (AvgIpc) is 3.32. The molecule has 2 saturated heterocycles. The number of nitrogens with one attached hydrogen (secondary N) is 2. The van der Waals surface area contributed by atoms with Gasteiger partial charge in [0.2, 0.25) is 0 Å². The van der Waals surface area contributed by atoms with E-state index in [1.165, 1.54) is 18.2 Å². The van der Waals surface area contributed by atoms with Crippen molar-refractivity contribution < 1.29 is 36.2 Å². The van der Waals surface area contributed by atoms with E-state index in [2.05, 4.69) is 10.0 Å².